The van der Waals surface area contributed by atoms with Gasteiger partial charge in [-0.15, -0.1) is 0 Å². The van der Waals surface area contributed by atoms with Crippen LogP contribution in [0.3, 0.4) is 0 Å². The van der Waals surface area contributed by atoms with Crippen molar-refractivity contribution in [1.29, 1.82) is 0 Å². The average Bonchev–Trinajstić information content (AvgIpc) is 2.97. The summed E-state index contributed by atoms with van der Waals surface area (Å²) in [5.41, 5.74) is -4.86. The number of halogens is 7. The third-order valence-corrected chi connectivity index (χ3v) is 7.38. The largest absolute Gasteiger partial charge is 0.494 e. The topological polar surface area (TPSA) is 30.9 Å². The summed E-state index contributed by atoms with van der Waals surface area (Å²) in [6.07, 6.45) is 0.779. The number of methoxy groups -OCH3 is 2. The van der Waals surface area contributed by atoms with Crippen molar-refractivity contribution in [3.63, 3.8) is 0 Å². The number of alkyl halides is 1. The first-order chi connectivity index (χ1) is 19.6. The Bertz CT molecular complexity index is 1310. The number of piperidine rings is 1. The number of likely N-dealkylation sites (tertiary alicyclic amines) is 1. The molecule has 0 atom stereocenters. The minimum absolute atomic E-state index is 0.0440. The Morgan fingerprint density at radius 1 is 0.780 bits per heavy atom. The van der Waals surface area contributed by atoms with Crippen molar-refractivity contribution in [2.75, 3.05) is 33.9 Å². The molecule has 1 fully saturated rings. The Morgan fingerprint density at radius 3 is 1.71 bits per heavy atom. The van der Waals surface area contributed by atoms with Gasteiger partial charge in [0.15, 0.2) is 40.4 Å². The summed E-state index contributed by atoms with van der Waals surface area (Å²) in [5.74, 6) is -13.1. The molecule has 0 aliphatic carbocycles. The smallest absolute Gasteiger partial charge is 0.204 e. The molecule has 222 valence electrons. The van der Waals surface area contributed by atoms with Crippen molar-refractivity contribution >= 4 is 0 Å². The predicted octanol–water partition coefficient (Wildman–Crippen LogP) is 7.45. The van der Waals surface area contributed by atoms with E-state index < -0.39 is 69.1 Å². The number of nitrogens with zero attached hydrogens (tertiary/aromatic N) is 1. The van der Waals surface area contributed by atoms with Crippen LogP contribution in [0.5, 0.6) is 17.2 Å². The maximum absolute atomic E-state index is 17.3. The predicted molar refractivity (Wildman–Crippen MR) is 138 cm³/mol. The molecule has 0 aromatic heterocycles. The lowest BCUT2D eigenvalue weighted by atomic mass is 9.72. The first-order valence-corrected chi connectivity index (χ1v) is 13.1. The molecule has 0 unspecified atom stereocenters. The highest BCUT2D eigenvalue weighted by atomic mass is 19.2. The van der Waals surface area contributed by atoms with Crippen LogP contribution in [0.4, 0.5) is 30.7 Å². The van der Waals surface area contributed by atoms with E-state index >= 15 is 13.2 Å². The van der Waals surface area contributed by atoms with Crippen LogP contribution >= 0.6 is 0 Å². The normalized spacial score (nSPS) is 14.8. The molecule has 0 N–H and O–H groups in total. The van der Waals surface area contributed by atoms with Gasteiger partial charge >= 0.3 is 0 Å². The Labute approximate surface area is 233 Å². The molecular formula is C30H30F7NO3. The first kappa shape index (κ1) is 30.5. The van der Waals surface area contributed by atoms with Gasteiger partial charge in [0.1, 0.15) is 5.75 Å². The number of hydrogen-bond acceptors (Lipinski definition) is 4. The van der Waals surface area contributed by atoms with Gasteiger partial charge in [-0.05, 0) is 62.2 Å². The van der Waals surface area contributed by atoms with E-state index in [4.69, 9.17) is 4.74 Å². The fourth-order valence-corrected chi connectivity index (χ4v) is 5.30. The van der Waals surface area contributed by atoms with Gasteiger partial charge in [0.2, 0.25) is 11.6 Å². The Balaban J connectivity index is 1.69. The van der Waals surface area contributed by atoms with E-state index in [-0.39, 0.29) is 25.9 Å². The van der Waals surface area contributed by atoms with Crippen LogP contribution in [-0.4, -0.2) is 38.8 Å². The zero-order chi connectivity index (χ0) is 29.9. The highest BCUT2D eigenvalue weighted by molar-refractivity contribution is 5.46. The Kier molecular flexibility index (Phi) is 9.36. The number of benzene rings is 3. The van der Waals surface area contributed by atoms with E-state index in [1.165, 1.54) is 0 Å². The molecule has 11 heteroatoms. The van der Waals surface area contributed by atoms with E-state index in [1.54, 1.807) is 0 Å². The highest BCUT2D eigenvalue weighted by Gasteiger charge is 2.49. The Hall–Kier alpha value is -3.47. The molecule has 4 nitrogen and oxygen atoms in total. The second-order valence-corrected chi connectivity index (χ2v) is 9.89. The van der Waals surface area contributed by atoms with Crippen molar-refractivity contribution in [3.05, 3.63) is 88.0 Å². The van der Waals surface area contributed by atoms with Gasteiger partial charge in [-0.25, -0.2) is 22.0 Å². The summed E-state index contributed by atoms with van der Waals surface area (Å²) >= 11 is 0. The van der Waals surface area contributed by atoms with Crippen molar-refractivity contribution in [3.8, 4) is 17.2 Å². The molecular weight excluding hydrogens is 555 g/mol. The third kappa shape index (κ3) is 5.82. The van der Waals surface area contributed by atoms with Gasteiger partial charge in [0.25, 0.3) is 0 Å². The second-order valence-electron chi connectivity index (χ2n) is 9.89. The quantitative estimate of drug-likeness (QED) is 0.183. The van der Waals surface area contributed by atoms with Crippen LogP contribution < -0.4 is 14.2 Å². The van der Waals surface area contributed by atoms with Crippen molar-refractivity contribution in [1.82, 2.24) is 4.90 Å². The van der Waals surface area contributed by atoms with Crippen molar-refractivity contribution in [2.24, 2.45) is 5.92 Å². The maximum Gasteiger partial charge on any atom is 0.204 e. The van der Waals surface area contributed by atoms with Gasteiger partial charge in [-0.2, -0.15) is 8.78 Å². The maximum atomic E-state index is 17.3. The SMILES string of the molecule is CCCOc1ccc(CN2CCC(C(F)(c3cc(F)c(OC)c(F)c3F)c3cc(F)c(OC)c(F)c3F)CC2)cc1. The van der Waals surface area contributed by atoms with Crippen LogP contribution in [0.2, 0.25) is 0 Å². The summed E-state index contributed by atoms with van der Waals surface area (Å²) in [7, 11) is 1.78. The average molecular weight is 586 g/mol. The van der Waals surface area contributed by atoms with E-state index in [0.717, 1.165) is 32.0 Å². The summed E-state index contributed by atoms with van der Waals surface area (Å²) in [6.45, 7) is 3.52. The minimum Gasteiger partial charge on any atom is -0.494 e. The lowest BCUT2D eigenvalue weighted by molar-refractivity contribution is 0.0527. The molecule has 0 saturated carbocycles. The molecule has 0 spiro atoms. The van der Waals surface area contributed by atoms with Gasteiger partial charge < -0.3 is 14.2 Å². The standard InChI is InChI=1S/C30H30F7NO3/c1-4-13-41-19-7-5-17(6-8-19)16-38-11-9-18(10-12-38)30(37,20-14-22(31)28(39-2)26(35)24(20)33)21-15-23(32)29(40-3)27(36)25(21)34/h5-8,14-15,18H,4,9-13,16H2,1-3H3. The lowest BCUT2D eigenvalue weighted by Gasteiger charge is -2.41. The molecule has 0 amide bonds. The molecule has 41 heavy (non-hydrogen) atoms. The molecule has 0 radical (unpaired) electrons. The number of rotatable bonds is 10. The van der Waals surface area contributed by atoms with E-state index in [9.17, 15) is 17.6 Å². The van der Waals surface area contributed by atoms with Crippen molar-refractivity contribution in [2.45, 2.75) is 38.4 Å². The van der Waals surface area contributed by atoms with Gasteiger partial charge in [0.05, 0.1) is 20.8 Å². The molecule has 3 aromatic rings. The second kappa shape index (κ2) is 12.6. The summed E-state index contributed by atoms with van der Waals surface area (Å²) < 4.78 is 121. The molecule has 1 aliphatic heterocycles. The minimum atomic E-state index is -3.35. The molecule has 1 aliphatic rings. The number of ether oxygens (including phenoxy) is 3. The fraction of sp³-hybridized carbons (Fsp3) is 0.400. The van der Waals surface area contributed by atoms with E-state index in [1.807, 2.05) is 36.1 Å². The van der Waals surface area contributed by atoms with Gasteiger partial charge in [-0.3, -0.25) is 4.90 Å². The third-order valence-electron chi connectivity index (χ3n) is 7.38. The van der Waals surface area contributed by atoms with Crippen LogP contribution in [0.1, 0.15) is 42.9 Å². The Morgan fingerprint density at radius 2 is 1.27 bits per heavy atom. The van der Waals surface area contributed by atoms with Crippen molar-refractivity contribution < 1.29 is 44.9 Å². The van der Waals surface area contributed by atoms with E-state index in [2.05, 4.69) is 9.47 Å². The number of hydrogen-bond donors (Lipinski definition) is 0. The molecule has 4 rings (SSSR count). The molecule has 1 heterocycles. The van der Waals surface area contributed by atoms with Crippen LogP contribution in [0, 0.1) is 40.8 Å². The van der Waals surface area contributed by atoms with Crippen LogP contribution in [0.15, 0.2) is 36.4 Å². The molecule has 3 aromatic carbocycles. The van der Waals surface area contributed by atoms with Crippen LogP contribution in [-0.2, 0) is 12.2 Å². The fourth-order valence-electron chi connectivity index (χ4n) is 5.30. The zero-order valence-electron chi connectivity index (χ0n) is 22.8. The summed E-state index contributed by atoms with van der Waals surface area (Å²) in [4.78, 5) is 1.97. The summed E-state index contributed by atoms with van der Waals surface area (Å²) in [5, 5.41) is 0. The zero-order valence-corrected chi connectivity index (χ0v) is 22.8. The molecule has 1 saturated heterocycles. The summed E-state index contributed by atoms with van der Waals surface area (Å²) in [6, 6.07) is 8.10. The van der Waals surface area contributed by atoms with Gasteiger partial charge in [0, 0.05) is 23.6 Å². The monoisotopic (exact) mass is 585 g/mol. The molecule has 0 bridgehead atoms. The lowest BCUT2D eigenvalue weighted by Crippen LogP contribution is -2.43. The first-order valence-electron chi connectivity index (χ1n) is 13.1. The van der Waals surface area contributed by atoms with E-state index in [0.29, 0.717) is 25.3 Å². The van der Waals surface area contributed by atoms with Gasteiger partial charge in [-0.1, -0.05) is 19.1 Å². The van der Waals surface area contributed by atoms with Crippen LogP contribution in [0.25, 0.3) is 0 Å². The highest BCUT2D eigenvalue weighted by Crippen LogP contribution is 2.50.